The third-order valence-electron chi connectivity index (χ3n) is 2.75. The van der Waals surface area contributed by atoms with Crippen molar-refractivity contribution in [1.82, 2.24) is 4.90 Å². The van der Waals surface area contributed by atoms with E-state index >= 15 is 0 Å². The van der Waals surface area contributed by atoms with E-state index in [1.807, 2.05) is 11.4 Å². The summed E-state index contributed by atoms with van der Waals surface area (Å²) in [5, 5.41) is 10.4. The van der Waals surface area contributed by atoms with Crippen LogP contribution in [0.15, 0.2) is 11.4 Å². The van der Waals surface area contributed by atoms with Gasteiger partial charge in [-0.3, -0.25) is 14.5 Å². The van der Waals surface area contributed by atoms with Crippen LogP contribution in [-0.2, 0) is 16.1 Å². The molecule has 2 rings (SSSR count). The first-order valence-electron chi connectivity index (χ1n) is 5.63. The zero-order valence-corrected chi connectivity index (χ0v) is 10.8. The Balaban J connectivity index is 2.08. The standard InChI is InChI=1S/C13H13NO3S/c1-9-5-12(16)14(13(9)17)7-11-6-10(8-18-11)3-2-4-15/h6,8-9,15H,4-5,7H2,1H3. The predicted octanol–water partition coefficient (Wildman–Crippen LogP) is 0.987. The molecule has 18 heavy (non-hydrogen) atoms. The van der Waals surface area contributed by atoms with E-state index in [9.17, 15) is 9.59 Å². The molecule has 1 N–H and O–H groups in total. The van der Waals surface area contributed by atoms with Gasteiger partial charge in [0.05, 0.1) is 6.54 Å². The highest BCUT2D eigenvalue weighted by Crippen LogP contribution is 2.23. The number of imide groups is 1. The smallest absolute Gasteiger partial charge is 0.232 e. The van der Waals surface area contributed by atoms with E-state index in [0.717, 1.165) is 10.4 Å². The summed E-state index contributed by atoms with van der Waals surface area (Å²) in [7, 11) is 0. The van der Waals surface area contributed by atoms with Gasteiger partial charge < -0.3 is 5.11 Å². The molecule has 2 amide bonds. The minimum absolute atomic E-state index is 0.101. The van der Waals surface area contributed by atoms with Gasteiger partial charge in [0, 0.05) is 28.2 Å². The van der Waals surface area contributed by atoms with E-state index in [2.05, 4.69) is 11.8 Å². The van der Waals surface area contributed by atoms with Crippen LogP contribution in [-0.4, -0.2) is 28.4 Å². The number of amides is 2. The second-order valence-corrected chi connectivity index (χ2v) is 5.18. The van der Waals surface area contributed by atoms with Gasteiger partial charge in [0.15, 0.2) is 0 Å². The van der Waals surface area contributed by atoms with Crippen molar-refractivity contribution in [3.05, 3.63) is 21.9 Å². The first-order valence-corrected chi connectivity index (χ1v) is 6.51. The predicted molar refractivity (Wildman–Crippen MR) is 67.6 cm³/mol. The van der Waals surface area contributed by atoms with Gasteiger partial charge in [-0.2, -0.15) is 0 Å². The van der Waals surface area contributed by atoms with Crippen LogP contribution < -0.4 is 0 Å². The van der Waals surface area contributed by atoms with Gasteiger partial charge in [-0.1, -0.05) is 18.8 Å². The molecule has 1 aliphatic heterocycles. The van der Waals surface area contributed by atoms with Crippen LogP contribution in [0, 0.1) is 17.8 Å². The van der Waals surface area contributed by atoms with Gasteiger partial charge in [-0.15, -0.1) is 11.3 Å². The molecule has 0 bridgehead atoms. The summed E-state index contributed by atoms with van der Waals surface area (Å²) in [6, 6.07) is 1.84. The summed E-state index contributed by atoms with van der Waals surface area (Å²) in [4.78, 5) is 25.6. The van der Waals surface area contributed by atoms with Crippen LogP contribution in [0.2, 0.25) is 0 Å². The third kappa shape index (κ3) is 2.61. The normalized spacial score (nSPS) is 19.0. The average molecular weight is 263 g/mol. The summed E-state index contributed by atoms with van der Waals surface area (Å²) in [6.45, 7) is 1.92. The molecule has 0 saturated carbocycles. The average Bonchev–Trinajstić information content (AvgIpc) is 2.88. The minimum atomic E-state index is -0.203. The van der Waals surface area contributed by atoms with Gasteiger partial charge >= 0.3 is 0 Å². The maximum atomic E-state index is 11.7. The highest BCUT2D eigenvalue weighted by atomic mass is 32.1. The molecule has 0 spiro atoms. The lowest BCUT2D eigenvalue weighted by atomic mass is 10.1. The molecule has 1 fully saturated rings. The summed E-state index contributed by atoms with van der Waals surface area (Å²) in [5.74, 6) is 4.94. The number of aliphatic hydroxyl groups is 1. The Morgan fingerprint density at radius 1 is 1.56 bits per heavy atom. The summed E-state index contributed by atoms with van der Waals surface area (Å²) in [5.41, 5.74) is 0.802. The molecule has 0 aliphatic carbocycles. The number of carbonyl (C=O) groups is 2. The van der Waals surface area contributed by atoms with Crippen molar-refractivity contribution < 1.29 is 14.7 Å². The Morgan fingerprint density at radius 3 is 2.94 bits per heavy atom. The van der Waals surface area contributed by atoms with Crippen LogP contribution in [0.4, 0.5) is 0 Å². The van der Waals surface area contributed by atoms with Crippen LogP contribution in [0.5, 0.6) is 0 Å². The number of hydrogen-bond acceptors (Lipinski definition) is 4. The van der Waals surface area contributed by atoms with Crippen LogP contribution in [0.3, 0.4) is 0 Å². The fourth-order valence-electron chi connectivity index (χ4n) is 1.84. The monoisotopic (exact) mass is 263 g/mol. The molecule has 1 aliphatic rings. The van der Waals surface area contributed by atoms with Gasteiger partial charge in [0.1, 0.15) is 6.61 Å². The zero-order valence-electron chi connectivity index (χ0n) is 9.97. The Labute approximate surface area is 109 Å². The molecule has 1 aromatic heterocycles. The largest absolute Gasteiger partial charge is 0.384 e. The zero-order chi connectivity index (χ0) is 13.1. The maximum Gasteiger partial charge on any atom is 0.232 e. The van der Waals surface area contributed by atoms with Gasteiger partial charge in [-0.05, 0) is 6.07 Å². The van der Waals surface area contributed by atoms with E-state index < -0.39 is 0 Å². The second-order valence-electron chi connectivity index (χ2n) is 4.18. The Bertz CT molecular complexity index is 538. The van der Waals surface area contributed by atoms with Gasteiger partial charge in [0.2, 0.25) is 11.8 Å². The number of hydrogen-bond donors (Lipinski definition) is 1. The highest BCUT2D eigenvalue weighted by molar-refractivity contribution is 7.10. The summed E-state index contributed by atoms with van der Waals surface area (Å²) in [6.07, 6.45) is 0.307. The Hall–Kier alpha value is -1.64. The fourth-order valence-corrected chi connectivity index (χ4v) is 2.64. The van der Waals surface area contributed by atoms with Crippen molar-refractivity contribution in [2.24, 2.45) is 5.92 Å². The summed E-state index contributed by atoms with van der Waals surface area (Å²) >= 11 is 1.46. The molecule has 1 aromatic rings. The number of carbonyl (C=O) groups excluding carboxylic acids is 2. The van der Waals surface area contributed by atoms with Crippen LogP contribution in [0.25, 0.3) is 0 Å². The van der Waals surface area contributed by atoms with Crippen molar-refractivity contribution in [1.29, 1.82) is 0 Å². The number of nitrogens with zero attached hydrogens (tertiary/aromatic N) is 1. The lowest BCUT2D eigenvalue weighted by Gasteiger charge is -2.12. The van der Waals surface area contributed by atoms with Crippen molar-refractivity contribution in [2.45, 2.75) is 19.9 Å². The first kappa shape index (κ1) is 12.8. The molecule has 5 heteroatoms. The van der Waals surface area contributed by atoms with E-state index in [0.29, 0.717) is 13.0 Å². The minimum Gasteiger partial charge on any atom is -0.384 e. The molecule has 0 aromatic carbocycles. The van der Waals surface area contributed by atoms with Crippen molar-refractivity contribution in [3.8, 4) is 11.8 Å². The maximum absolute atomic E-state index is 11.7. The molecule has 2 heterocycles. The lowest BCUT2D eigenvalue weighted by molar-refractivity contribution is -0.139. The molecule has 1 atom stereocenters. The van der Waals surface area contributed by atoms with Crippen LogP contribution in [0.1, 0.15) is 23.8 Å². The molecule has 4 nitrogen and oxygen atoms in total. The molecule has 1 saturated heterocycles. The van der Waals surface area contributed by atoms with E-state index in [-0.39, 0.29) is 24.3 Å². The quantitative estimate of drug-likeness (QED) is 0.639. The molecular formula is C13H13NO3S. The molecule has 94 valence electrons. The fraction of sp³-hybridized carbons (Fsp3) is 0.385. The SMILES string of the molecule is CC1CC(=O)N(Cc2cc(C#CCO)cs2)C1=O. The van der Waals surface area contributed by atoms with Gasteiger partial charge in [0.25, 0.3) is 0 Å². The van der Waals surface area contributed by atoms with Crippen molar-refractivity contribution in [3.63, 3.8) is 0 Å². The van der Waals surface area contributed by atoms with E-state index in [1.54, 1.807) is 6.92 Å². The van der Waals surface area contributed by atoms with Gasteiger partial charge in [-0.25, -0.2) is 0 Å². The lowest BCUT2D eigenvalue weighted by Crippen LogP contribution is -2.29. The topological polar surface area (TPSA) is 57.6 Å². The number of rotatable bonds is 2. The Kier molecular flexibility index (Phi) is 3.80. The molecule has 1 unspecified atom stereocenters. The van der Waals surface area contributed by atoms with E-state index in [4.69, 9.17) is 5.11 Å². The number of thiophene rings is 1. The summed E-state index contributed by atoms with van der Waals surface area (Å²) < 4.78 is 0. The van der Waals surface area contributed by atoms with Crippen LogP contribution >= 0.6 is 11.3 Å². The highest BCUT2D eigenvalue weighted by Gasteiger charge is 2.35. The third-order valence-corrected chi connectivity index (χ3v) is 3.67. The number of likely N-dealkylation sites (tertiary alicyclic amines) is 1. The first-order chi connectivity index (χ1) is 8.61. The van der Waals surface area contributed by atoms with E-state index in [1.165, 1.54) is 16.2 Å². The van der Waals surface area contributed by atoms with Crippen molar-refractivity contribution >= 4 is 23.2 Å². The van der Waals surface area contributed by atoms with Crippen molar-refractivity contribution in [2.75, 3.05) is 6.61 Å². The second kappa shape index (κ2) is 5.34. The molecule has 0 radical (unpaired) electrons. The number of aliphatic hydroxyl groups excluding tert-OH is 1. The Morgan fingerprint density at radius 2 is 2.33 bits per heavy atom. The molecular weight excluding hydrogens is 250 g/mol.